The molecule has 0 aliphatic carbocycles. The Kier molecular flexibility index (Phi) is 13.1. The molecule has 0 amide bonds. The molecular formula is C24H44O6. The van der Waals surface area contributed by atoms with Crippen molar-refractivity contribution < 1.29 is 28.7 Å². The predicted octanol–water partition coefficient (Wildman–Crippen LogP) is 5.57. The molecule has 30 heavy (non-hydrogen) atoms. The smallest absolute Gasteiger partial charge is 0.316 e. The Bertz CT molecular complexity index is 525. The van der Waals surface area contributed by atoms with Gasteiger partial charge < -0.3 is 9.47 Å². The summed E-state index contributed by atoms with van der Waals surface area (Å²) in [4.78, 5) is 45.6. The van der Waals surface area contributed by atoms with Crippen molar-refractivity contribution in [2.45, 2.75) is 95.9 Å². The summed E-state index contributed by atoms with van der Waals surface area (Å²) in [5.74, 6) is -1.76. The highest BCUT2D eigenvalue weighted by molar-refractivity contribution is 5.87. The van der Waals surface area contributed by atoms with Crippen LogP contribution in [0.4, 0.5) is 0 Å². The molecule has 0 fully saturated rings. The summed E-state index contributed by atoms with van der Waals surface area (Å²) in [5.41, 5.74) is -0.280. The van der Waals surface area contributed by atoms with Crippen LogP contribution in [0, 0.1) is 34.5 Å². The highest BCUT2D eigenvalue weighted by Gasteiger charge is 2.25. The first-order valence-corrected chi connectivity index (χ1v) is 10.8. The minimum atomic E-state index is -0.434. The summed E-state index contributed by atoms with van der Waals surface area (Å²) in [6, 6.07) is 0. The number of hydrogen-bond acceptors (Lipinski definition) is 6. The van der Waals surface area contributed by atoms with Gasteiger partial charge in [-0.2, -0.15) is 0 Å². The van der Waals surface area contributed by atoms with Crippen molar-refractivity contribution >= 4 is 23.9 Å². The molecule has 0 heterocycles. The predicted molar refractivity (Wildman–Crippen MR) is 118 cm³/mol. The van der Waals surface area contributed by atoms with Gasteiger partial charge in [-0.05, 0) is 22.7 Å². The SMILES string of the molecule is CC(C)(C)CC(=O)OC(=O)CC(C)(C)C.CC(C)C(C)C(=O)OC(=O)C(C)C(C)C. The number of carbonyl (C=O) groups is 4. The van der Waals surface area contributed by atoms with E-state index in [1.165, 1.54) is 0 Å². The Balaban J connectivity index is 0. The topological polar surface area (TPSA) is 86.7 Å². The van der Waals surface area contributed by atoms with Gasteiger partial charge in [0.15, 0.2) is 0 Å². The number of rotatable bonds is 6. The lowest BCUT2D eigenvalue weighted by Gasteiger charge is -2.18. The number of hydrogen-bond donors (Lipinski definition) is 0. The standard InChI is InChI=1S/2C12H22O3/c1-11(2,3)7-9(13)15-10(14)8-12(4,5)6;1-7(2)9(5)11(13)15-12(14)10(6)8(3)4/h7-8H2,1-6H3;7-10H,1-6H3. The normalized spacial score (nSPS) is 13.8. The van der Waals surface area contributed by atoms with Crippen molar-refractivity contribution in [3.8, 4) is 0 Å². The quantitative estimate of drug-likeness (QED) is 0.406. The highest BCUT2D eigenvalue weighted by Crippen LogP contribution is 2.22. The molecule has 2 atom stereocenters. The number of carbonyl (C=O) groups excluding carboxylic acids is 4. The zero-order valence-electron chi connectivity index (χ0n) is 21.2. The van der Waals surface area contributed by atoms with Gasteiger partial charge in [-0.3, -0.25) is 19.2 Å². The molecule has 0 bridgehead atoms. The van der Waals surface area contributed by atoms with Gasteiger partial charge in [0.2, 0.25) is 0 Å². The van der Waals surface area contributed by atoms with E-state index in [2.05, 4.69) is 0 Å². The van der Waals surface area contributed by atoms with Gasteiger partial charge in [-0.1, -0.05) is 83.1 Å². The molecule has 0 saturated carbocycles. The molecule has 0 spiro atoms. The maximum absolute atomic E-state index is 11.5. The molecule has 0 aromatic rings. The summed E-state index contributed by atoms with van der Waals surface area (Å²) in [6.07, 6.45) is 0.533. The van der Waals surface area contributed by atoms with E-state index in [1.54, 1.807) is 13.8 Å². The maximum Gasteiger partial charge on any atom is 0.316 e. The van der Waals surface area contributed by atoms with Crippen LogP contribution >= 0.6 is 0 Å². The fourth-order valence-corrected chi connectivity index (χ4v) is 1.89. The van der Waals surface area contributed by atoms with Crippen molar-refractivity contribution in [3.63, 3.8) is 0 Å². The second-order valence-corrected chi connectivity index (χ2v) is 11.1. The summed E-state index contributed by atoms with van der Waals surface area (Å²) >= 11 is 0. The third-order valence-electron chi connectivity index (χ3n) is 4.52. The number of esters is 4. The average Bonchev–Trinajstić information content (AvgIpc) is 2.49. The monoisotopic (exact) mass is 428 g/mol. The highest BCUT2D eigenvalue weighted by atomic mass is 16.6. The summed E-state index contributed by atoms with van der Waals surface area (Å²) < 4.78 is 9.54. The molecule has 0 N–H and O–H groups in total. The molecular weight excluding hydrogens is 384 g/mol. The lowest BCUT2D eigenvalue weighted by Crippen LogP contribution is -2.27. The molecule has 0 aromatic carbocycles. The van der Waals surface area contributed by atoms with E-state index in [9.17, 15) is 19.2 Å². The molecule has 176 valence electrons. The zero-order chi connectivity index (χ0) is 24.4. The van der Waals surface area contributed by atoms with E-state index in [4.69, 9.17) is 9.47 Å². The van der Waals surface area contributed by atoms with Crippen molar-refractivity contribution in [1.29, 1.82) is 0 Å². The van der Waals surface area contributed by atoms with Gasteiger partial charge in [-0.25, -0.2) is 0 Å². The molecule has 0 radical (unpaired) electrons. The molecule has 6 nitrogen and oxygen atoms in total. The fourth-order valence-electron chi connectivity index (χ4n) is 1.89. The molecule has 0 rings (SSSR count). The maximum atomic E-state index is 11.5. The molecule has 6 heteroatoms. The minimum absolute atomic E-state index is 0.140. The first-order chi connectivity index (χ1) is 13.3. The van der Waals surface area contributed by atoms with Gasteiger partial charge in [0.25, 0.3) is 0 Å². The van der Waals surface area contributed by atoms with E-state index in [1.807, 2.05) is 69.2 Å². The Hall–Kier alpha value is -1.72. The van der Waals surface area contributed by atoms with Crippen LogP contribution in [0.3, 0.4) is 0 Å². The van der Waals surface area contributed by atoms with Crippen molar-refractivity contribution in [3.05, 3.63) is 0 Å². The van der Waals surface area contributed by atoms with Gasteiger partial charge in [0, 0.05) is 0 Å². The third kappa shape index (κ3) is 16.1. The van der Waals surface area contributed by atoms with Gasteiger partial charge in [-0.15, -0.1) is 0 Å². The second-order valence-electron chi connectivity index (χ2n) is 11.1. The van der Waals surface area contributed by atoms with Crippen LogP contribution in [0.15, 0.2) is 0 Å². The van der Waals surface area contributed by atoms with Crippen LogP contribution in [0.5, 0.6) is 0 Å². The van der Waals surface area contributed by atoms with Crippen molar-refractivity contribution in [2.75, 3.05) is 0 Å². The zero-order valence-corrected chi connectivity index (χ0v) is 21.2. The van der Waals surface area contributed by atoms with E-state index >= 15 is 0 Å². The van der Waals surface area contributed by atoms with Crippen LogP contribution in [0.1, 0.15) is 95.9 Å². The largest absolute Gasteiger partial charge is 0.393 e. The Labute approximate surface area is 183 Å². The van der Waals surface area contributed by atoms with Crippen LogP contribution in [-0.4, -0.2) is 23.9 Å². The first kappa shape index (κ1) is 30.5. The van der Waals surface area contributed by atoms with Crippen molar-refractivity contribution in [2.24, 2.45) is 34.5 Å². The summed E-state index contributed by atoms with van der Waals surface area (Å²) in [6.45, 7) is 22.9. The number of ether oxygens (including phenoxy) is 2. The lowest BCUT2D eigenvalue weighted by atomic mass is 9.92. The van der Waals surface area contributed by atoms with Crippen LogP contribution < -0.4 is 0 Å². The summed E-state index contributed by atoms with van der Waals surface area (Å²) in [5, 5.41) is 0. The van der Waals surface area contributed by atoms with Gasteiger partial charge in [0.05, 0.1) is 24.7 Å². The van der Waals surface area contributed by atoms with Gasteiger partial charge >= 0.3 is 23.9 Å². The van der Waals surface area contributed by atoms with Crippen molar-refractivity contribution in [1.82, 2.24) is 0 Å². The molecule has 0 aromatic heterocycles. The Morgan fingerprint density at radius 1 is 0.567 bits per heavy atom. The van der Waals surface area contributed by atoms with Crippen LogP contribution in [-0.2, 0) is 28.7 Å². The molecule has 0 saturated heterocycles. The Morgan fingerprint density at radius 3 is 1.03 bits per heavy atom. The van der Waals surface area contributed by atoms with Crippen LogP contribution in [0.2, 0.25) is 0 Å². The Morgan fingerprint density at radius 2 is 0.833 bits per heavy atom. The van der Waals surface area contributed by atoms with Gasteiger partial charge in [0.1, 0.15) is 0 Å². The second kappa shape index (κ2) is 12.9. The lowest BCUT2D eigenvalue weighted by molar-refractivity contribution is -0.167. The molecule has 0 aliphatic rings. The van der Waals surface area contributed by atoms with E-state index in [-0.39, 0.29) is 47.3 Å². The summed E-state index contributed by atoms with van der Waals surface area (Å²) in [7, 11) is 0. The average molecular weight is 429 g/mol. The minimum Gasteiger partial charge on any atom is -0.393 e. The fraction of sp³-hybridized carbons (Fsp3) is 0.833. The van der Waals surface area contributed by atoms with Crippen LogP contribution in [0.25, 0.3) is 0 Å². The molecule has 0 aliphatic heterocycles. The first-order valence-electron chi connectivity index (χ1n) is 10.8. The van der Waals surface area contributed by atoms with E-state index in [0.29, 0.717) is 0 Å². The third-order valence-corrected chi connectivity index (χ3v) is 4.52. The van der Waals surface area contributed by atoms with E-state index < -0.39 is 23.9 Å². The van der Waals surface area contributed by atoms with E-state index in [0.717, 1.165) is 0 Å². The molecule has 2 unspecified atom stereocenters.